The number of ether oxygens (including phenoxy) is 2. The van der Waals surface area contributed by atoms with E-state index < -0.39 is 6.61 Å². The third-order valence-corrected chi connectivity index (χ3v) is 5.22. The molecule has 0 aliphatic rings. The molecule has 0 fully saturated rings. The molecule has 0 spiro atoms. The van der Waals surface area contributed by atoms with Crippen LogP contribution in [0, 0.1) is 0 Å². The van der Waals surface area contributed by atoms with Crippen molar-refractivity contribution < 1.29 is 23.0 Å². The predicted molar refractivity (Wildman–Crippen MR) is 108 cm³/mol. The van der Waals surface area contributed by atoms with Gasteiger partial charge in [0.25, 0.3) is 0 Å². The molecule has 0 radical (unpaired) electrons. The molecule has 0 heterocycles. The lowest BCUT2D eigenvalue weighted by molar-refractivity contribution is -0.119. The molecule has 0 aliphatic carbocycles. The number of methoxy groups -OCH3 is 1. The first-order valence-electron chi connectivity index (χ1n) is 9.00. The standard InChI is InChI=1S/C21H25F2NO3S/c1-4-15-5-8-17(9-6-15)14(2)24-20(25)13-28-12-16-7-10-18(27-21(22)23)19(11-16)26-3/h5-11,14,21H,4,12-13H2,1-3H3,(H,24,25)/t14-/m0/s1. The Kier molecular flexibility index (Phi) is 8.57. The van der Waals surface area contributed by atoms with Crippen molar-refractivity contribution in [3.63, 3.8) is 0 Å². The van der Waals surface area contributed by atoms with E-state index in [1.165, 1.54) is 30.5 Å². The van der Waals surface area contributed by atoms with Gasteiger partial charge in [-0.25, -0.2) is 0 Å². The van der Waals surface area contributed by atoms with Gasteiger partial charge in [0.2, 0.25) is 5.91 Å². The highest BCUT2D eigenvalue weighted by atomic mass is 32.2. The third kappa shape index (κ3) is 6.71. The lowest BCUT2D eigenvalue weighted by Gasteiger charge is -2.15. The van der Waals surface area contributed by atoms with Crippen LogP contribution in [0.4, 0.5) is 8.78 Å². The van der Waals surface area contributed by atoms with Gasteiger partial charge in [0.1, 0.15) is 0 Å². The summed E-state index contributed by atoms with van der Waals surface area (Å²) in [7, 11) is 1.40. The number of hydrogen-bond donors (Lipinski definition) is 1. The Labute approximate surface area is 168 Å². The molecule has 1 N–H and O–H groups in total. The number of carbonyl (C=O) groups excluding carboxylic acids is 1. The Morgan fingerprint density at radius 3 is 2.39 bits per heavy atom. The number of halogens is 2. The van der Waals surface area contributed by atoms with Crippen molar-refractivity contribution in [1.29, 1.82) is 0 Å². The van der Waals surface area contributed by atoms with Gasteiger partial charge < -0.3 is 14.8 Å². The number of carbonyl (C=O) groups is 1. The van der Waals surface area contributed by atoms with Gasteiger partial charge in [-0.1, -0.05) is 37.3 Å². The Morgan fingerprint density at radius 2 is 1.79 bits per heavy atom. The fourth-order valence-electron chi connectivity index (χ4n) is 2.67. The zero-order valence-electron chi connectivity index (χ0n) is 16.2. The maximum atomic E-state index is 12.4. The number of rotatable bonds is 10. The molecule has 1 amide bonds. The van der Waals surface area contributed by atoms with Crippen LogP contribution in [0.1, 0.15) is 36.6 Å². The van der Waals surface area contributed by atoms with Crippen LogP contribution in [0.5, 0.6) is 11.5 Å². The average Bonchev–Trinajstić information content (AvgIpc) is 2.68. The summed E-state index contributed by atoms with van der Waals surface area (Å²) in [5.74, 6) is 1.04. The van der Waals surface area contributed by atoms with E-state index in [-0.39, 0.29) is 23.4 Å². The zero-order valence-corrected chi connectivity index (χ0v) is 17.0. The van der Waals surface area contributed by atoms with Crippen molar-refractivity contribution in [2.45, 2.75) is 38.7 Å². The van der Waals surface area contributed by atoms with Gasteiger partial charge in [0, 0.05) is 5.75 Å². The van der Waals surface area contributed by atoms with E-state index in [1.54, 1.807) is 12.1 Å². The number of hydrogen-bond acceptors (Lipinski definition) is 4. The first-order valence-corrected chi connectivity index (χ1v) is 10.2. The molecule has 0 saturated heterocycles. The van der Waals surface area contributed by atoms with Crippen molar-refractivity contribution >= 4 is 17.7 Å². The van der Waals surface area contributed by atoms with Gasteiger partial charge in [-0.05, 0) is 42.2 Å². The molecule has 0 saturated carbocycles. The summed E-state index contributed by atoms with van der Waals surface area (Å²) in [6.07, 6.45) is 0.984. The molecular formula is C21H25F2NO3S. The molecule has 0 aliphatic heterocycles. The second-order valence-corrected chi connectivity index (χ2v) is 7.23. The lowest BCUT2D eigenvalue weighted by Crippen LogP contribution is -2.28. The quantitative estimate of drug-likeness (QED) is 0.602. The van der Waals surface area contributed by atoms with Crippen LogP contribution in [0.2, 0.25) is 0 Å². The topological polar surface area (TPSA) is 47.6 Å². The van der Waals surface area contributed by atoms with Crippen molar-refractivity contribution in [1.82, 2.24) is 5.32 Å². The SMILES string of the molecule is CCc1ccc([C@H](C)NC(=O)CSCc2ccc(OC(F)F)c(OC)c2)cc1. The van der Waals surface area contributed by atoms with Crippen LogP contribution in [0.3, 0.4) is 0 Å². The van der Waals surface area contributed by atoms with Gasteiger partial charge in [-0.2, -0.15) is 8.78 Å². The summed E-state index contributed by atoms with van der Waals surface area (Å²) >= 11 is 1.44. The molecule has 7 heteroatoms. The molecule has 0 unspecified atom stereocenters. The summed E-state index contributed by atoms with van der Waals surface area (Å²) in [6.45, 7) is 1.15. The smallest absolute Gasteiger partial charge is 0.387 e. The fourth-order valence-corrected chi connectivity index (χ4v) is 3.45. The van der Waals surface area contributed by atoms with Crippen LogP contribution in [-0.4, -0.2) is 25.4 Å². The normalized spacial score (nSPS) is 11.9. The maximum absolute atomic E-state index is 12.4. The Hall–Kier alpha value is -2.28. The first kappa shape index (κ1) is 22.0. The van der Waals surface area contributed by atoms with Crippen LogP contribution in [0.15, 0.2) is 42.5 Å². The van der Waals surface area contributed by atoms with Crippen LogP contribution in [0.25, 0.3) is 0 Å². The number of nitrogens with one attached hydrogen (secondary N) is 1. The van der Waals surface area contributed by atoms with Gasteiger partial charge in [0.15, 0.2) is 11.5 Å². The second kappa shape index (κ2) is 10.9. The molecule has 2 aromatic carbocycles. The van der Waals surface area contributed by atoms with E-state index in [2.05, 4.69) is 29.1 Å². The van der Waals surface area contributed by atoms with Crippen LogP contribution < -0.4 is 14.8 Å². The molecule has 28 heavy (non-hydrogen) atoms. The molecule has 152 valence electrons. The van der Waals surface area contributed by atoms with E-state index in [0.717, 1.165) is 17.5 Å². The van der Waals surface area contributed by atoms with Crippen molar-refractivity contribution in [2.75, 3.05) is 12.9 Å². The van der Waals surface area contributed by atoms with Crippen molar-refractivity contribution in [3.05, 3.63) is 59.2 Å². The van der Waals surface area contributed by atoms with E-state index >= 15 is 0 Å². The summed E-state index contributed by atoms with van der Waals surface area (Å²) < 4.78 is 34.2. The highest BCUT2D eigenvalue weighted by Crippen LogP contribution is 2.30. The monoisotopic (exact) mass is 409 g/mol. The number of thioether (sulfide) groups is 1. The molecule has 2 rings (SSSR count). The number of alkyl halides is 2. The zero-order chi connectivity index (χ0) is 20.5. The maximum Gasteiger partial charge on any atom is 0.387 e. The minimum absolute atomic E-state index is 0.00749. The number of benzene rings is 2. The molecular weight excluding hydrogens is 384 g/mol. The van der Waals surface area contributed by atoms with Crippen molar-refractivity contribution in [2.24, 2.45) is 0 Å². The van der Waals surface area contributed by atoms with Crippen molar-refractivity contribution in [3.8, 4) is 11.5 Å². The Bertz CT molecular complexity index is 769. The van der Waals surface area contributed by atoms with E-state index in [0.29, 0.717) is 11.5 Å². The Balaban J connectivity index is 1.82. The van der Waals surface area contributed by atoms with Gasteiger partial charge in [-0.15, -0.1) is 11.8 Å². The highest BCUT2D eigenvalue weighted by Gasteiger charge is 2.12. The van der Waals surface area contributed by atoms with Gasteiger partial charge >= 0.3 is 6.61 Å². The molecule has 2 aromatic rings. The van der Waals surface area contributed by atoms with E-state index in [9.17, 15) is 13.6 Å². The Morgan fingerprint density at radius 1 is 1.11 bits per heavy atom. The molecule has 0 bridgehead atoms. The summed E-state index contributed by atoms with van der Waals surface area (Å²) in [6, 6.07) is 12.9. The highest BCUT2D eigenvalue weighted by molar-refractivity contribution is 7.99. The van der Waals surface area contributed by atoms with Gasteiger partial charge in [0.05, 0.1) is 18.9 Å². The van der Waals surface area contributed by atoms with Gasteiger partial charge in [-0.3, -0.25) is 4.79 Å². The first-order chi connectivity index (χ1) is 13.4. The lowest BCUT2D eigenvalue weighted by atomic mass is 10.1. The van der Waals surface area contributed by atoms with Crippen LogP contribution >= 0.6 is 11.8 Å². The molecule has 1 atom stereocenters. The van der Waals surface area contributed by atoms with E-state index in [1.807, 2.05) is 19.1 Å². The summed E-state index contributed by atoms with van der Waals surface area (Å²) in [5, 5.41) is 2.99. The largest absolute Gasteiger partial charge is 0.493 e. The van der Waals surface area contributed by atoms with Crippen LogP contribution in [-0.2, 0) is 17.0 Å². The predicted octanol–water partition coefficient (Wildman–Crippen LogP) is 4.97. The second-order valence-electron chi connectivity index (χ2n) is 6.24. The number of amides is 1. The van der Waals surface area contributed by atoms with E-state index in [4.69, 9.17) is 4.74 Å². The minimum atomic E-state index is -2.90. The minimum Gasteiger partial charge on any atom is -0.493 e. The average molecular weight is 409 g/mol. The summed E-state index contributed by atoms with van der Waals surface area (Å²) in [5.41, 5.74) is 3.19. The fraction of sp³-hybridized carbons (Fsp3) is 0.381. The molecule has 0 aromatic heterocycles. The summed E-state index contributed by atoms with van der Waals surface area (Å²) in [4.78, 5) is 12.2. The molecule has 4 nitrogen and oxygen atoms in total. The number of aryl methyl sites for hydroxylation is 1. The third-order valence-electron chi connectivity index (χ3n) is 4.21.